The molecule has 0 fully saturated rings. The average Bonchev–Trinajstić information content (AvgIpc) is 3.01. The first kappa shape index (κ1) is 33.3. The van der Waals surface area contributed by atoms with Crippen LogP contribution in [0.5, 0.6) is 5.75 Å². The number of rotatable bonds is 12. The number of methoxy groups -OCH3 is 1. The van der Waals surface area contributed by atoms with Gasteiger partial charge < -0.3 is 15.0 Å². The van der Waals surface area contributed by atoms with E-state index < -0.39 is 34.1 Å². The molecule has 9 heteroatoms. The fourth-order valence-corrected chi connectivity index (χ4v) is 6.35. The summed E-state index contributed by atoms with van der Waals surface area (Å²) in [6, 6.07) is 30.8. The Morgan fingerprint density at radius 3 is 2.02 bits per heavy atom. The number of amides is 2. The maximum absolute atomic E-state index is 14.5. The molecule has 8 nitrogen and oxygen atoms in total. The predicted molar refractivity (Wildman–Crippen MR) is 178 cm³/mol. The predicted octanol–water partition coefficient (Wildman–Crippen LogP) is 5.75. The third kappa shape index (κ3) is 8.95. The van der Waals surface area contributed by atoms with Crippen molar-refractivity contribution in [3.63, 3.8) is 0 Å². The molecular weight excluding hydrogens is 586 g/mol. The Hall–Kier alpha value is -4.63. The number of benzene rings is 4. The highest BCUT2D eigenvalue weighted by molar-refractivity contribution is 7.92. The number of nitrogens with one attached hydrogen (secondary N) is 1. The molecule has 0 aromatic heterocycles. The van der Waals surface area contributed by atoms with Gasteiger partial charge >= 0.3 is 0 Å². The van der Waals surface area contributed by atoms with Crippen LogP contribution in [-0.4, -0.2) is 50.4 Å². The number of sulfonamides is 1. The van der Waals surface area contributed by atoms with E-state index in [0.29, 0.717) is 11.4 Å². The van der Waals surface area contributed by atoms with Gasteiger partial charge in [0.05, 0.1) is 17.7 Å². The van der Waals surface area contributed by atoms with Crippen LogP contribution >= 0.6 is 0 Å². The zero-order chi connectivity index (χ0) is 32.6. The lowest BCUT2D eigenvalue weighted by Gasteiger charge is -2.35. The fraction of sp³-hybridized carbons (Fsp3) is 0.278. The van der Waals surface area contributed by atoms with Gasteiger partial charge in [-0.25, -0.2) is 8.42 Å². The molecule has 0 bridgehead atoms. The highest BCUT2D eigenvalue weighted by atomic mass is 32.2. The van der Waals surface area contributed by atoms with E-state index in [2.05, 4.69) is 5.32 Å². The van der Waals surface area contributed by atoms with Gasteiger partial charge in [0.15, 0.2) is 0 Å². The molecule has 236 valence electrons. The summed E-state index contributed by atoms with van der Waals surface area (Å²) in [6.45, 7) is 7.05. The van der Waals surface area contributed by atoms with E-state index in [0.717, 1.165) is 21.0 Å². The van der Waals surface area contributed by atoms with Gasteiger partial charge in [0.2, 0.25) is 11.8 Å². The standard InChI is InChI=1S/C36H41N3O5S/c1-27-19-21-32(22-20-27)45(42,43)39(30-16-10-7-11-17-30)26-34(40)38(25-29-15-12-18-31(23-29)44-5)33(35(41)37-36(2,3)4)24-28-13-8-6-9-14-28/h6-23,33H,24-26H2,1-5H3,(H,37,41)/t33-/m1/s1. The summed E-state index contributed by atoms with van der Waals surface area (Å²) in [7, 11) is -2.59. The molecule has 0 aliphatic carbocycles. The summed E-state index contributed by atoms with van der Waals surface area (Å²) in [6.07, 6.45) is 0.231. The minimum Gasteiger partial charge on any atom is -0.497 e. The van der Waals surface area contributed by atoms with Crippen LogP contribution in [0.2, 0.25) is 0 Å². The van der Waals surface area contributed by atoms with E-state index in [1.165, 1.54) is 17.0 Å². The third-order valence-electron chi connectivity index (χ3n) is 7.19. The summed E-state index contributed by atoms with van der Waals surface area (Å²) < 4.78 is 34.7. The van der Waals surface area contributed by atoms with Crippen LogP contribution in [0.1, 0.15) is 37.5 Å². The molecule has 4 aromatic carbocycles. The molecule has 0 saturated heterocycles. The third-order valence-corrected chi connectivity index (χ3v) is 8.98. The van der Waals surface area contributed by atoms with Crippen molar-refractivity contribution in [1.82, 2.24) is 10.2 Å². The quantitative estimate of drug-likeness (QED) is 0.216. The summed E-state index contributed by atoms with van der Waals surface area (Å²) >= 11 is 0. The van der Waals surface area contributed by atoms with Crippen LogP contribution < -0.4 is 14.4 Å². The van der Waals surface area contributed by atoms with E-state index in [1.807, 2.05) is 70.2 Å². The van der Waals surface area contributed by atoms with Gasteiger partial charge in [-0.15, -0.1) is 0 Å². The molecule has 0 saturated carbocycles. The van der Waals surface area contributed by atoms with Crippen LogP contribution in [0.4, 0.5) is 5.69 Å². The number of hydrogen-bond donors (Lipinski definition) is 1. The second kappa shape index (κ2) is 14.4. The van der Waals surface area contributed by atoms with E-state index in [9.17, 15) is 18.0 Å². The first-order valence-electron chi connectivity index (χ1n) is 14.8. The van der Waals surface area contributed by atoms with Gasteiger partial charge in [0, 0.05) is 18.5 Å². The molecule has 2 amide bonds. The molecule has 0 heterocycles. The number of carbonyl (C=O) groups is 2. The lowest BCUT2D eigenvalue weighted by molar-refractivity contribution is -0.140. The second-order valence-electron chi connectivity index (χ2n) is 12.0. The number of hydrogen-bond acceptors (Lipinski definition) is 5. The number of para-hydroxylation sites is 1. The van der Waals surface area contributed by atoms with Crippen molar-refractivity contribution in [3.8, 4) is 5.75 Å². The monoisotopic (exact) mass is 627 g/mol. The van der Waals surface area contributed by atoms with Gasteiger partial charge in [0.25, 0.3) is 10.0 Å². The Balaban J connectivity index is 1.81. The minimum atomic E-state index is -4.15. The maximum atomic E-state index is 14.5. The molecule has 45 heavy (non-hydrogen) atoms. The summed E-state index contributed by atoms with van der Waals surface area (Å²) in [4.78, 5) is 30.0. The maximum Gasteiger partial charge on any atom is 0.264 e. The molecular formula is C36H41N3O5S. The van der Waals surface area contributed by atoms with Gasteiger partial charge in [-0.2, -0.15) is 0 Å². The number of anilines is 1. The molecule has 4 rings (SSSR count). The van der Waals surface area contributed by atoms with Gasteiger partial charge in [-0.3, -0.25) is 13.9 Å². The van der Waals surface area contributed by atoms with E-state index in [-0.39, 0.29) is 23.8 Å². The second-order valence-corrected chi connectivity index (χ2v) is 13.8. The largest absolute Gasteiger partial charge is 0.497 e. The van der Waals surface area contributed by atoms with Crippen molar-refractivity contribution in [3.05, 3.63) is 126 Å². The first-order chi connectivity index (χ1) is 21.4. The molecule has 0 spiro atoms. The summed E-state index contributed by atoms with van der Waals surface area (Å²) in [5, 5.41) is 3.04. The molecule has 0 aliphatic rings. The number of nitrogens with zero attached hydrogens (tertiary/aromatic N) is 2. The van der Waals surface area contributed by atoms with Crippen LogP contribution in [0.3, 0.4) is 0 Å². The number of aryl methyl sites for hydroxylation is 1. The Labute approximate surface area is 266 Å². The smallest absolute Gasteiger partial charge is 0.264 e. The van der Waals surface area contributed by atoms with Crippen LogP contribution in [-0.2, 0) is 32.6 Å². The molecule has 0 unspecified atom stereocenters. The number of ether oxygens (including phenoxy) is 1. The molecule has 0 radical (unpaired) electrons. The van der Waals surface area contributed by atoms with E-state index in [1.54, 1.807) is 61.7 Å². The summed E-state index contributed by atoms with van der Waals surface area (Å²) in [5.41, 5.74) is 2.28. The molecule has 0 aliphatic heterocycles. The zero-order valence-electron chi connectivity index (χ0n) is 26.4. The first-order valence-corrected chi connectivity index (χ1v) is 16.2. The van der Waals surface area contributed by atoms with Crippen molar-refractivity contribution in [2.45, 2.75) is 57.1 Å². The van der Waals surface area contributed by atoms with Crippen LogP contribution in [0, 0.1) is 6.92 Å². The topological polar surface area (TPSA) is 96.0 Å². The Morgan fingerprint density at radius 1 is 0.822 bits per heavy atom. The minimum absolute atomic E-state index is 0.0539. The van der Waals surface area contributed by atoms with Crippen molar-refractivity contribution in [2.24, 2.45) is 0 Å². The zero-order valence-corrected chi connectivity index (χ0v) is 27.3. The van der Waals surface area contributed by atoms with Crippen molar-refractivity contribution in [1.29, 1.82) is 0 Å². The lowest BCUT2D eigenvalue weighted by atomic mass is 10.0. The van der Waals surface area contributed by atoms with Crippen LogP contribution in [0.15, 0.2) is 114 Å². The molecule has 1 atom stereocenters. The van der Waals surface area contributed by atoms with Crippen molar-refractivity contribution in [2.75, 3.05) is 18.0 Å². The van der Waals surface area contributed by atoms with E-state index >= 15 is 0 Å². The fourth-order valence-electron chi connectivity index (χ4n) is 4.93. The SMILES string of the molecule is COc1cccc(CN(C(=O)CN(c2ccccc2)S(=O)(=O)c2ccc(C)cc2)[C@H](Cc2ccccc2)C(=O)NC(C)(C)C)c1. The van der Waals surface area contributed by atoms with Gasteiger partial charge in [-0.05, 0) is 75.2 Å². The van der Waals surface area contributed by atoms with Crippen molar-refractivity contribution < 1.29 is 22.7 Å². The molecule has 1 N–H and O–H groups in total. The Morgan fingerprint density at radius 2 is 1.42 bits per heavy atom. The summed E-state index contributed by atoms with van der Waals surface area (Å²) in [5.74, 6) is -0.260. The highest BCUT2D eigenvalue weighted by Crippen LogP contribution is 2.26. The average molecular weight is 628 g/mol. The van der Waals surface area contributed by atoms with Crippen LogP contribution in [0.25, 0.3) is 0 Å². The Kier molecular flexibility index (Phi) is 10.7. The lowest BCUT2D eigenvalue weighted by Crippen LogP contribution is -2.56. The highest BCUT2D eigenvalue weighted by Gasteiger charge is 2.35. The number of carbonyl (C=O) groups excluding carboxylic acids is 2. The Bertz CT molecular complexity index is 1690. The molecule has 4 aromatic rings. The van der Waals surface area contributed by atoms with Gasteiger partial charge in [-0.1, -0.05) is 78.4 Å². The van der Waals surface area contributed by atoms with E-state index in [4.69, 9.17) is 4.74 Å². The normalized spacial score (nSPS) is 12.2. The van der Waals surface area contributed by atoms with Gasteiger partial charge in [0.1, 0.15) is 18.3 Å². The van der Waals surface area contributed by atoms with Crippen molar-refractivity contribution >= 4 is 27.5 Å².